The van der Waals surface area contributed by atoms with Crippen molar-refractivity contribution < 1.29 is 18.7 Å². The van der Waals surface area contributed by atoms with Crippen LogP contribution >= 0.6 is 27.3 Å². The van der Waals surface area contributed by atoms with Crippen LogP contribution in [-0.2, 0) is 27.2 Å². The molecule has 168 valence electrons. The van der Waals surface area contributed by atoms with E-state index in [1.807, 2.05) is 24.3 Å². The lowest BCUT2D eigenvalue weighted by Crippen LogP contribution is -2.46. The van der Waals surface area contributed by atoms with E-state index in [0.717, 1.165) is 29.8 Å². The number of benzene rings is 1. The van der Waals surface area contributed by atoms with Gasteiger partial charge < -0.3 is 20.3 Å². The molecule has 10 heteroatoms. The Morgan fingerprint density at radius 2 is 2.34 bits per heavy atom. The van der Waals surface area contributed by atoms with E-state index in [1.54, 1.807) is 11.9 Å². The quantitative estimate of drug-likeness (QED) is 0.632. The number of carbonyl (C=O) groups is 2. The number of nitriles is 1. The second kappa shape index (κ2) is 9.67. The molecule has 32 heavy (non-hydrogen) atoms. The van der Waals surface area contributed by atoms with Crippen molar-refractivity contribution >= 4 is 44.8 Å². The molecule has 0 radical (unpaired) electrons. The first kappa shape index (κ1) is 22.9. The summed E-state index contributed by atoms with van der Waals surface area (Å²) in [6.45, 7) is 1.62. The van der Waals surface area contributed by atoms with E-state index in [9.17, 15) is 14.9 Å². The van der Waals surface area contributed by atoms with Gasteiger partial charge in [-0.25, -0.2) is 4.39 Å². The Labute approximate surface area is 197 Å². The number of thiophene rings is 1. The minimum atomic E-state index is -0.883. The zero-order valence-corrected chi connectivity index (χ0v) is 19.8. The Bertz CT molecular complexity index is 1090. The average molecular weight is 521 g/mol. The summed E-state index contributed by atoms with van der Waals surface area (Å²) in [4.78, 5) is 27.1. The van der Waals surface area contributed by atoms with Gasteiger partial charge in [-0.2, -0.15) is 5.26 Å². The van der Waals surface area contributed by atoms with E-state index in [-0.39, 0.29) is 18.2 Å². The van der Waals surface area contributed by atoms with E-state index >= 15 is 4.39 Å². The molecule has 7 nitrogen and oxygen atoms in total. The molecule has 0 bridgehead atoms. The molecule has 2 aliphatic heterocycles. The Hall–Kier alpha value is -2.32. The monoisotopic (exact) mass is 520 g/mol. The summed E-state index contributed by atoms with van der Waals surface area (Å²) >= 11 is 4.56. The summed E-state index contributed by atoms with van der Waals surface area (Å²) in [6, 6.07) is 6.79. The van der Waals surface area contributed by atoms with Crippen LogP contribution in [0.3, 0.4) is 0 Å². The SMILES string of the molecule is CN1C(=O)Cc2ccc(-c3sc(C[C@@H](C#N)NC(=O)C4CNCCCO4)c(F)c3Br)cc21. The lowest BCUT2D eigenvalue weighted by Gasteiger charge is -2.17. The van der Waals surface area contributed by atoms with Gasteiger partial charge >= 0.3 is 0 Å². The van der Waals surface area contributed by atoms with Crippen LogP contribution in [0.15, 0.2) is 22.7 Å². The summed E-state index contributed by atoms with van der Waals surface area (Å²) in [5.41, 5.74) is 2.54. The van der Waals surface area contributed by atoms with E-state index in [4.69, 9.17) is 4.74 Å². The standard InChI is InChI=1S/C22H22BrFN4O3S/c1-28-15-7-13(4-3-12(15)8-18(28)29)21-19(23)20(24)17(32-21)9-14(10-25)27-22(30)16-11-26-5-2-6-31-16/h3-4,7,14,16,26H,2,5-6,8-9,11H2,1H3,(H,27,30)/t14-,16?/m0/s1. The van der Waals surface area contributed by atoms with Gasteiger partial charge in [0.25, 0.3) is 5.91 Å². The number of rotatable bonds is 5. The Morgan fingerprint density at radius 3 is 3.12 bits per heavy atom. The van der Waals surface area contributed by atoms with Gasteiger partial charge in [-0.3, -0.25) is 9.59 Å². The van der Waals surface area contributed by atoms with E-state index in [2.05, 4.69) is 26.6 Å². The summed E-state index contributed by atoms with van der Waals surface area (Å²) in [5, 5.41) is 15.3. The zero-order chi connectivity index (χ0) is 22.8. The van der Waals surface area contributed by atoms with Crippen molar-refractivity contribution in [3.63, 3.8) is 0 Å². The van der Waals surface area contributed by atoms with Crippen molar-refractivity contribution in [3.05, 3.63) is 38.9 Å². The van der Waals surface area contributed by atoms with Gasteiger partial charge in [0.2, 0.25) is 5.91 Å². The summed E-state index contributed by atoms with van der Waals surface area (Å²) < 4.78 is 20.8. The molecule has 1 unspecified atom stereocenters. The number of nitrogens with zero attached hydrogens (tertiary/aromatic N) is 2. The molecule has 0 aliphatic carbocycles. The average Bonchev–Trinajstić information content (AvgIpc) is 3.09. The fraction of sp³-hybridized carbons (Fsp3) is 0.409. The fourth-order valence-electron chi connectivity index (χ4n) is 3.80. The second-order valence-corrected chi connectivity index (χ2v) is 9.67. The third kappa shape index (κ3) is 4.57. The molecule has 2 N–H and O–H groups in total. The Morgan fingerprint density at radius 1 is 1.53 bits per heavy atom. The topological polar surface area (TPSA) is 94.5 Å². The minimum absolute atomic E-state index is 0.0229. The number of anilines is 1. The number of carbonyl (C=O) groups excluding carboxylic acids is 2. The molecule has 0 saturated carbocycles. The summed E-state index contributed by atoms with van der Waals surface area (Å²) in [5.74, 6) is -0.806. The van der Waals surface area contributed by atoms with Crippen molar-refractivity contribution in [2.75, 3.05) is 31.6 Å². The summed E-state index contributed by atoms with van der Waals surface area (Å²) in [6.07, 6.45) is 0.548. The zero-order valence-electron chi connectivity index (χ0n) is 17.4. The highest BCUT2D eigenvalue weighted by molar-refractivity contribution is 9.10. The molecule has 2 amide bonds. The van der Waals surface area contributed by atoms with Gasteiger partial charge in [0.1, 0.15) is 12.1 Å². The van der Waals surface area contributed by atoms with E-state index in [0.29, 0.717) is 33.8 Å². The highest BCUT2D eigenvalue weighted by atomic mass is 79.9. The van der Waals surface area contributed by atoms with Crippen LogP contribution in [-0.4, -0.2) is 50.7 Å². The van der Waals surface area contributed by atoms with Crippen LogP contribution in [0.5, 0.6) is 0 Å². The van der Waals surface area contributed by atoms with Crippen LogP contribution in [0.1, 0.15) is 16.9 Å². The molecule has 0 spiro atoms. The predicted molar refractivity (Wildman–Crippen MR) is 123 cm³/mol. The molecule has 4 rings (SSSR count). The first-order chi connectivity index (χ1) is 15.4. The number of hydrogen-bond donors (Lipinski definition) is 2. The van der Waals surface area contributed by atoms with Gasteiger partial charge in [0, 0.05) is 37.2 Å². The molecule has 1 saturated heterocycles. The van der Waals surface area contributed by atoms with Crippen LogP contribution in [0, 0.1) is 17.1 Å². The van der Waals surface area contributed by atoms with Gasteiger partial charge in [0.05, 0.1) is 21.8 Å². The highest BCUT2D eigenvalue weighted by Gasteiger charge is 2.28. The predicted octanol–water partition coefficient (Wildman–Crippen LogP) is 2.76. The third-order valence-electron chi connectivity index (χ3n) is 5.59. The van der Waals surface area contributed by atoms with Gasteiger partial charge in [-0.1, -0.05) is 12.1 Å². The normalized spacial score (nSPS) is 19.2. The van der Waals surface area contributed by atoms with Crippen LogP contribution < -0.4 is 15.5 Å². The lowest BCUT2D eigenvalue weighted by molar-refractivity contribution is -0.132. The van der Waals surface area contributed by atoms with E-state index < -0.39 is 18.0 Å². The number of ether oxygens (including phenoxy) is 1. The molecule has 1 fully saturated rings. The van der Waals surface area contributed by atoms with Gasteiger partial charge in [-0.05, 0) is 46.1 Å². The van der Waals surface area contributed by atoms with Gasteiger partial charge in [0.15, 0.2) is 5.82 Å². The third-order valence-corrected chi connectivity index (χ3v) is 7.83. The number of hydrogen-bond acceptors (Lipinski definition) is 6. The summed E-state index contributed by atoms with van der Waals surface area (Å²) in [7, 11) is 1.72. The largest absolute Gasteiger partial charge is 0.367 e. The van der Waals surface area contributed by atoms with Crippen molar-refractivity contribution in [1.82, 2.24) is 10.6 Å². The first-order valence-electron chi connectivity index (χ1n) is 10.3. The molecule has 2 atom stereocenters. The number of fused-ring (bicyclic) bond motifs is 1. The molecule has 3 heterocycles. The van der Waals surface area contributed by atoms with Crippen molar-refractivity contribution in [3.8, 4) is 16.5 Å². The maximum Gasteiger partial charge on any atom is 0.251 e. The highest BCUT2D eigenvalue weighted by Crippen LogP contribution is 2.42. The molecular formula is C22H22BrFN4O3S. The van der Waals surface area contributed by atoms with Crippen LogP contribution in [0.4, 0.5) is 10.1 Å². The smallest absolute Gasteiger partial charge is 0.251 e. The fourth-order valence-corrected chi connectivity index (χ4v) is 5.75. The molecule has 2 aliphatic rings. The van der Waals surface area contributed by atoms with E-state index in [1.165, 1.54) is 11.3 Å². The number of amides is 2. The Kier molecular flexibility index (Phi) is 6.90. The van der Waals surface area contributed by atoms with Gasteiger partial charge in [-0.15, -0.1) is 11.3 Å². The van der Waals surface area contributed by atoms with Crippen molar-refractivity contribution in [1.29, 1.82) is 5.26 Å². The number of likely N-dealkylation sites (N-methyl/N-ethyl adjacent to an activating group) is 1. The molecule has 2 aromatic rings. The number of halogens is 2. The van der Waals surface area contributed by atoms with Crippen molar-refractivity contribution in [2.24, 2.45) is 0 Å². The Balaban J connectivity index is 1.52. The van der Waals surface area contributed by atoms with Crippen LogP contribution in [0.25, 0.3) is 10.4 Å². The minimum Gasteiger partial charge on any atom is -0.367 e. The maximum atomic E-state index is 15.0. The lowest BCUT2D eigenvalue weighted by atomic mass is 10.1. The molecular weight excluding hydrogens is 499 g/mol. The first-order valence-corrected chi connectivity index (χ1v) is 11.9. The number of nitrogens with one attached hydrogen (secondary N) is 2. The second-order valence-electron chi connectivity index (χ2n) is 7.77. The van der Waals surface area contributed by atoms with Crippen LogP contribution in [0.2, 0.25) is 0 Å². The molecule has 1 aromatic carbocycles. The molecule has 1 aromatic heterocycles. The van der Waals surface area contributed by atoms with Crippen molar-refractivity contribution in [2.45, 2.75) is 31.4 Å². The maximum absolute atomic E-state index is 15.0.